The first-order chi connectivity index (χ1) is 13.8. The Morgan fingerprint density at radius 2 is 1.97 bits per heavy atom. The molecule has 3 aromatic rings. The van der Waals surface area contributed by atoms with Crippen molar-refractivity contribution >= 4 is 39.1 Å². The number of thiophene rings is 1. The van der Waals surface area contributed by atoms with Crippen molar-refractivity contribution < 1.29 is 19.1 Å². The van der Waals surface area contributed by atoms with Crippen molar-refractivity contribution in [3.05, 3.63) is 56.2 Å². The molecule has 0 unspecified atom stereocenters. The number of fused-ring (bicyclic) bond motifs is 1. The van der Waals surface area contributed by atoms with Gasteiger partial charge in [-0.25, -0.2) is 4.79 Å². The normalized spacial score (nSPS) is 10.8. The molecule has 2 aromatic heterocycles. The summed E-state index contributed by atoms with van der Waals surface area (Å²) in [5, 5.41) is 3.47. The largest absolute Gasteiger partial charge is 0.497 e. The van der Waals surface area contributed by atoms with E-state index in [4.69, 9.17) is 9.47 Å². The van der Waals surface area contributed by atoms with Crippen molar-refractivity contribution in [2.75, 3.05) is 19.0 Å². The predicted octanol–water partition coefficient (Wildman–Crippen LogP) is 3.65. The molecule has 0 spiro atoms. The van der Waals surface area contributed by atoms with Crippen molar-refractivity contribution in [1.82, 2.24) is 4.57 Å². The molecule has 1 N–H and O–H groups in total. The van der Waals surface area contributed by atoms with Crippen LogP contribution in [0.5, 0.6) is 5.75 Å². The third-order valence-electron chi connectivity index (χ3n) is 4.73. The van der Waals surface area contributed by atoms with Gasteiger partial charge in [0, 0.05) is 18.1 Å². The average molecular weight is 414 g/mol. The van der Waals surface area contributed by atoms with E-state index in [2.05, 4.69) is 5.32 Å². The fraction of sp³-hybridized carbons (Fsp3) is 0.286. The first-order valence-corrected chi connectivity index (χ1v) is 9.86. The number of aromatic nitrogens is 1. The lowest BCUT2D eigenvalue weighted by Crippen LogP contribution is -2.24. The number of nitrogens with one attached hydrogen (secondary N) is 1. The van der Waals surface area contributed by atoms with Gasteiger partial charge in [0.2, 0.25) is 5.43 Å². The van der Waals surface area contributed by atoms with E-state index < -0.39 is 17.3 Å². The molecule has 0 aliphatic heterocycles. The average Bonchev–Trinajstić information content (AvgIpc) is 2.97. The van der Waals surface area contributed by atoms with E-state index >= 15 is 0 Å². The Morgan fingerprint density at radius 1 is 1.24 bits per heavy atom. The fourth-order valence-corrected chi connectivity index (χ4v) is 4.14. The number of pyridine rings is 1. The van der Waals surface area contributed by atoms with Crippen LogP contribution < -0.4 is 15.5 Å². The molecular weight excluding hydrogens is 392 g/mol. The number of amides is 1. The summed E-state index contributed by atoms with van der Waals surface area (Å²) in [5.41, 5.74) is 1.33. The Balaban J connectivity index is 2.06. The van der Waals surface area contributed by atoms with E-state index in [9.17, 15) is 14.4 Å². The summed E-state index contributed by atoms with van der Waals surface area (Å²) < 4.78 is 12.0. The van der Waals surface area contributed by atoms with Gasteiger partial charge in [-0.05, 0) is 44.5 Å². The molecule has 0 radical (unpaired) electrons. The van der Waals surface area contributed by atoms with Crippen LogP contribution in [-0.4, -0.2) is 30.2 Å². The van der Waals surface area contributed by atoms with Crippen LogP contribution in [0.2, 0.25) is 0 Å². The summed E-state index contributed by atoms with van der Waals surface area (Å²) in [5.74, 6) is -0.552. The molecule has 7 nitrogen and oxygen atoms in total. The summed E-state index contributed by atoms with van der Waals surface area (Å²) in [4.78, 5) is 39.1. The lowest BCUT2D eigenvalue weighted by Gasteiger charge is -2.11. The van der Waals surface area contributed by atoms with Crippen LogP contribution in [0.4, 0.5) is 5.00 Å². The molecular formula is C21H22N2O5S. The molecule has 0 aliphatic rings. The monoisotopic (exact) mass is 414 g/mol. The van der Waals surface area contributed by atoms with Gasteiger partial charge >= 0.3 is 5.97 Å². The van der Waals surface area contributed by atoms with Crippen molar-refractivity contribution in [3.63, 3.8) is 0 Å². The number of rotatable bonds is 5. The number of methoxy groups -OCH3 is 1. The SMILES string of the molecule is CCOC(=O)c1c(NC(=O)c2cn(C)c3ccc(OC)cc3c2=O)sc(C)c1C. The quantitative estimate of drug-likeness (QED) is 0.644. The lowest BCUT2D eigenvalue weighted by molar-refractivity contribution is 0.0527. The predicted molar refractivity (Wildman–Crippen MR) is 113 cm³/mol. The second-order valence-electron chi connectivity index (χ2n) is 6.53. The Bertz CT molecular complexity index is 1180. The number of anilines is 1. The molecule has 29 heavy (non-hydrogen) atoms. The van der Waals surface area contributed by atoms with Crippen molar-refractivity contribution in [1.29, 1.82) is 0 Å². The molecule has 2 heterocycles. The molecule has 0 bridgehead atoms. The topological polar surface area (TPSA) is 86.6 Å². The van der Waals surface area contributed by atoms with E-state index in [-0.39, 0.29) is 12.2 Å². The Hall–Kier alpha value is -3.13. The summed E-state index contributed by atoms with van der Waals surface area (Å²) in [6.07, 6.45) is 1.49. The number of carbonyl (C=O) groups is 2. The second kappa shape index (κ2) is 8.08. The van der Waals surface area contributed by atoms with Gasteiger partial charge in [0.1, 0.15) is 16.3 Å². The zero-order valence-corrected chi connectivity index (χ0v) is 17.7. The molecule has 0 saturated carbocycles. The van der Waals surface area contributed by atoms with Crippen LogP contribution in [0.1, 0.15) is 38.1 Å². The van der Waals surface area contributed by atoms with Crippen LogP contribution in [0.25, 0.3) is 10.9 Å². The van der Waals surface area contributed by atoms with E-state index in [1.165, 1.54) is 24.6 Å². The van der Waals surface area contributed by atoms with Gasteiger partial charge in [-0.15, -0.1) is 11.3 Å². The van der Waals surface area contributed by atoms with Crippen LogP contribution in [0.15, 0.2) is 29.2 Å². The van der Waals surface area contributed by atoms with Crippen LogP contribution >= 0.6 is 11.3 Å². The van der Waals surface area contributed by atoms with Crippen molar-refractivity contribution in [2.45, 2.75) is 20.8 Å². The standard InChI is InChI=1S/C21H22N2O5S/c1-6-28-21(26)17-11(2)12(3)29-20(17)22-19(25)15-10-23(4)16-8-7-13(27-5)9-14(16)18(15)24/h7-10H,6H2,1-5H3,(H,22,25). The van der Waals surface area contributed by atoms with Gasteiger partial charge in [-0.1, -0.05) is 0 Å². The van der Waals surface area contributed by atoms with Gasteiger partial charge in [-0.3, -0.25) is 9.59 Å². The first-order valence-electron chi connectivity index (χ1n) is 9.04. The zero-order valence-electron chi connectivity index (χ0n) is 16.9. The highest BCUT2D eigenvalue weighted by Crippen LogP contribution is 2.33. The molecule has 0 saturated heterocycles. The summed E-state index contributed by atoms with van der Waals surface area (Å²) in [6, 6.07) is 5.13. The molecule has 1 amide bonds. The molecule has 0 fully saturated rings. The smallest absolute Gasteiger partial charge is 0.341 e. The third-order valence-corrected chi connectivity index (χ3v) is 5.85. The van der Waals surface area contributed by atoms with Crippen LogP contribution in [-0.2, 0) is 11.8 Å². The van der Waals surface area contributed by atoms with Gasteiger partial charge in [0.05, 0.1) is 30.2 Å². The minimum Gasteiger partial charge on any atom is -0.497 e. The molecule has 0 atom stereocenters. The van der Waals surface area contributed by atoms with Crippen molar-refractivity contribution in [3.8, 4) is 5.75 Å². The van der Waals surface area contributed by atoms with Crippen molar-refractivity contribution in [2.24, 2.45) is 7.05 Å². The van der Waals surface area contributed by atoms with E-state index in [0.29, 0.717) is 27.2 Å². The zero-order chi connectivity index (χ0) is 21.3. The van der Waals surface area contributed by atoms with E-state index in [0.717, 1.165) is 10.4 Å². The minimum atomic E-state index is -0.581. The molecule has 8 heteroatoms. The van der Waals surface area contributed by atoms with Gasteiger partial charge in [0.15, 0.2) is 0 Å². The Labute approximate surface area is 171 Å². The number of nitrogens with zero attached hydrogens (tertiary/aromatic N) is 1. The van der Waals surface area contributed by atoms with Crippen LogP contribution in [0.3, 0.4) is 0 Å². The summed E-state index contributed by atoms with van der Waals surface area (Å²) in [7, 11) is 3.27. The maximum absolute atomic E-state index is 13.0. The number of aryl methyl sites for hydroxylation is 2. The molecule has 1 aromatic carbocycles. The Morgan fingerprint density at radius 3 is 2.62 bits per heavy atom. The van der Waals surface area contributed by atoms with Gasteiger partial charge in [-0.2, -0.15) is 0 Å². The lowest BCUT2D eigenvalue weighted by atomic mass is 10.1. The van der Waals surface area contributed by atoms with E-state index in [1.54, 1.807) is 43.7 Å². The maximum Gasteiger partial charge on any atom is 0.341 e. The summed E-state index contributed by atoms with van der Waals surface area (Å²) >= 11 is 1.28. The number of hydrogen-bond acceptors (Lipinski definition) is 6. The third kappa shape index (κ3) is 3.75. The van der Waals surface area contributed by atoms with E-state index in [1.807, 2.05) is 6.92 Å². The summed E-state index contributed by atoms with van der Waals surface area (Å²) in [6.45, 7) is 5.61. The number of ether oxygens (including phenoxy) is 2. The first kappa shape index (κ1) is 20.6. The number of benzene rings is 1. The molecule has 152 valence electrons. The fourth-order valence-electron chi connectivity index (χ4n) is 3.09. The highest BCUT2D eigenvalue weighted by Gasteiger charge is 2.24. The van der Waals surface area contributed by atoms with Gasteiger partial charge in [0.25, 0.3) is 5.91 Å². The minimum absolute atomic E-state index is 0.0215. The van der Waals surface area contributed by atoms with Crippen LogP contribution in [0, 0.1) is 13.8 Å². The van der Waals surface area contributed by atoms with Gasteiger partial charge < -0.3 is 19.4 Å². The number of hydrogen-bond donors (Lipinski definition) is 1. The number of carbonyl (C=O) groups excluding carboxylic acids is 2. The number of esters is 1. The highest BCUT2D eigenvalue weighted by atomic mass is 32.1. The maximum atomic E-state index is 13.0. The molecule has 3 rings (SSSR count). The Kier molecular flexibility index (Phi) is 5.74. The second-order valence-corrected chi connectivity index (χ2v) is 7.75. The highest BCUT2D eigenvalue weighted by molar-refractivity contribution is 7.16. The molecule has 0 aliphatic carbocycles.